The second kappa shape index (κ2) is 4.08. The molecule has 0 bridgehead atoms. The zero-order valence-electron chi connectivity index (χ0n) is 7.69. The van der Waals surface area contributed by atoms with Crippen molar-refractivity contribution in [3.05, 3.63) is 40.4 Å². The monoisotopic (exact) mass is 242 g/mol. The first kappa shape index (κ1) is 10.3. The van der Waals surface area contributed by atoms with Crippen molar-refractivity contribution in [2.45, 2.75) is 6.54 Å². The van der Waals surface area contributed by atoms with Crippen molar-refractivity contribution in [1.29, 1.82) is 0 Å². The molecule has 0 amide bonds. The summed E-state index contributed by atoms with van der Waals surface area (Å²) in [6, 6.07) is 3.39. The average molecular weight is 243 g/mol. The fourth-order valence-corrected chi connectivity index (χ4v) is 1.60. The number of hydrogen-bond donors (Lipinski definition) is 1. The first-order chi connectivity index (χ1) is 7.16. The van der Waals surface area contributed by atoms with E-state index in [4.69, 9.17) is 28.9 Å². The summed E-state index contributed by atoms with van der Waals surface area (Å²) in [5, 5.41) is 8.36. The van der Waals surface area contributed by atoms with Gasteiger partial charge in [0.25, 0.3) is 0 Å². The first-order valence-electron chi connectivity index (χ1n) is 4.22. The van der Waals surface area contributed by atoms with E-state index in [1.807, 2.05) is 0 Å². The number of nitrogen functional groups attached to an aromatic ring is 1. The van der Waals surface area contributed by atoms with Crippen LogP contribution in [0, 0.1) is 0 Å². The Labute approximate surface area is 96.6 Å². The third-order valence-corrected chi connectivity index (χ3v) is 2.72. The van der Waals surface area contributed by atoms with Crippen LogP contribution in [-0.2, 0) is 6.54 Å². The number of nitrogens with zero attached hydrogens (tertiary/aromatic N) is 3. The van der Waals surface area contributed by atoms with Gasteiger partial charge in [-0.2, -0.15) is 0 Å². The van der Waals surface area contributed by atoms with Crippen molar-refractivity contribution in [2.75, 3.05) is 5.73 Å². The summed E-state index contributed by atoms with van der Waals surface area (Å²) in [4.78, 5) is 0. The summed E-state index contributed by atoms with van der Waals surface area (Å²) < 4.78 is 1.80. The van der Waals surface area contributed by atoms with Crippen LogP contribution in [-0.4, -0.2) is 14.8 Å². The Kier molecular flexibility index (Phi) is 2.79. The van der Waals surface area contributed by atoms with Crippen molar-refractivity contribution in [3.63, 3.8) is 0 Å². The predicted molar refractivity (Wildman–Crippen MR) is 60.0 cm³/mol. The number of hydrogen-bond acceptors (Lipinski definition) is 3. The van der Waals surface area contributed by atoms with Gasteiger partial charge in [-0.1, -0.05) is 23.2 Å². The molecule has 0 saturated carbocycles. The van der Waals surface area contributed by atoms with Gasteiger partial charge in [-0.05, 0) is 17.7 Å². The molecule has 2 rings (SSSR count). The predicted octanol–water partition coefficient (Wildman–Crippen LogP) is 2.22. The van der Waals surface area contributed by atoms with Crippen LogP contribution >= 0.6 is 23.2 Å². The van der Waals surface area contributed by atoms with Gasteiger partial charge in [-0.25, -0.2) is 0 Å². The van der Waals surface area contributed by atoms with E-state index >= 15 is 0 Å². The molecular weight excluding hydrogens is 235 g/mol. The third-order valence-electron chi connectivity index (χ3n) is 2.00. The van der Waals surface area contributed by atoms with Crippen molar-refractivity contribution >= 4 is 28.9 Å². The standard InChI is InChI=1S/C9H8Cl2N4/c10-7-1-6(9(12)2-8(7)11)3-15-4-13-14-5-15/h1-2,4-5H,3,12H2. The molecule has 0 spiro atoms. The molecule has 0 aliphatic heterocycles. The van der Waals surface area contributed by atoms with E-state index in [2.05, 4.69) is 10.2 Å². The molecule has 2 N–H and O–H groups in total. The summed E-state index contributed by atoms with van der Waals surface area (Å²) in [5.74, 6) is 0. The van der Waals surface area contributed by atoms with Crippen molar-refractivity contribution in [2.24, 2.45) is 0 Å². The maximum absolute atomic E-state index is 5.90. The highest BCUT2D eigenvalue weighted by Crippen LogP contribution is 2.27. The summed E-state index contributed by atoms with van der Waals surface area (Å²) in [6.45, 7) is 0.579. The molecule has 1 heterocycles. The Morgan fingerprint density at radius 1 is 1.13 bits per heavy atom. The quantitative estimate of drug-likeness (QED) is 0.822. The van der Waals surface area contributed by atoms with E-state index in [0.717, 1.165) is 5.56 Å². The van der Waals surface area contributed by atoms with Gasteiger partial charge in [0, 0.05) is 5.69 Å². The van der Waals surface area contributed by atoms with Crippen LogP contribution in [0.5, 0.6) is 0 Å². The maximum Gasteiger partial charge on any atom is 0.119 e. The molecule has 0 atom stereocenters. The van der Waals surface area contributed by atoms with Crippen LogP contribution < -0.4 is 5.73 Å². The lowest BCUT2D eigenvalue weighted by Crippen LogP contribution is -2.01. The largest absolute Gasteiger partial charge is 0.398 e. The smallest absolute Gasteiger partial charge is 0.119 e. The van der Waals surface area contributed by atoms with E-state index in [1.54, 1.807) is 29.4 Å². The van der Waals surface area contributed by atoms with Gasteiger partial charge in [-0.15, -0.1) is 10.2 Å². The minimum absolute atomic E-state index is 0.460. The summed E-state index contributed by atoms with van der Waals surface area (Å²) >= 11 is 11.7. The van der Waals surface area contributed by atoms with Crippen LogP contribution in [0.25, 0.3) is 0 Å². The number of aromatic nitrogens is 3. The molecule has 6 heteroatoms. The van der Waals surface area contributed by atoms with Gasteiger partial charge in [0.05, 0.1) is 16.6 Å². The second-order valence-corrected chi connectivity index (χ2v) is 3.91. The zero-order valence-corrected chi connectivity index (χ0v) is 9.20. The fourth-order valence-electron chi connectivity index (χ4n) is 1.24. The molecule has 1 aromatic carbocycles. The summed E-state index contributed by atoms with van der Waals surface area (Å²) in [7, 11) is 0. The second-order valence-electron chi connectivity index (χ2n) is 3.10. The number of benzene rings is 1. The molecule has 15 heavy (non-hydrogen) atoms. The summed E-state index contributed by atoms with van der Waals surface area (Å²) in [6.07, 6.45) is 3.23. The van der Waals surface area contributed by atoms with Gasteiger partial charge in [0.1, 0.15) is 12.7 Å². The molecule has 0 saturated heterocycles. The number of halogens is 2. The molecule has 0 aliphatic rings. The highest BCUT2D eigenvalue weighted by Gasteiger charge is 2.05. The SMILES string of the molecule is Nc1cc(Cl)c(Cl)cc1Cn1cnnc1. The molecule has 78 valence electrons. The number of nitrogens with two attached hydrogens (primary N) is 1. The number of anilines is 1. The van der Waals surface area contributed by atoms with Gasteiger partial charge in [-0.3, -0.25) is 0 Å². The molecule has 0 unspecified atom stereocenters. The van der Waals surface area contributed by atoms with E-state index < -0.39 is 0 Å². The Morgan fingerprint density at radius 2 is 1.73 bits per heavy atom. The molecule has 0 fully saturated rings. The van der Waals surface area contributed by atoms with Crippen LogP contribution in [0.15, 0.2) is 24.8 Å². The topological polar surface area (TPSA) is 56.7 Å². The van der Waals surface area contributed by atoms with E-state index in [9.17, 15) is 0 Å². The Bertz CT molecular complexity index is 467. The molecular formula is C9H8Cl2N4. The zero-order chi connectivity index (χ0) is 10.8. The molecule has 0 aliphatic carbocycles. The van der Waals surface area contributed by atoms with Crippen molar-refractivity contribution < 1.29 is 0 Å². The lowest BCUT2D eigenvalue weighted by Gasteiger charge is -2.07. The van der Waals surface area contributed by atoms with E-state index in [-0.39, 0.29) is 0 Å². The molecule has 1 aromatic heterocycles. The van der Waals surface area contributed by atoms with E-state index in [1.165, 1.54) is 0 Å². The Morgan fingerprint density at radius 3 is 2.40 bits per heavy atom. The van der Waals surface area contributed by atoms with Crippen LogP contribution in [0.3, 0.4) is 0 Å². The molecule has 4 nitrogen and oxygen atoms in total. The lowest BCUT2D eigenvalue weighted by atomic mass is 10.2. The Balaban J connectivity index is 2.33. The Hall–Kier alpha value is -1.26. The van der Waals surface area contributed by atoms with Crippen LogP contribution in [0.1, 0.15) is 5.56 Å². The van der Waals surface area contributed by atoms with Gasteiger partial charge < -0.3 is 10.3 Å². The van der Waals surface area contributed by atoms with Gasteiger partial charge >= 0.3 is 0 Å². The van der Waals surface area contributed by atoms with Crippen molar-refractivity contribution in [1.82, 2.24) is 14.8 Å². The van der Waals surface area contributed by atoms with Crippen LogP contribution in [0.4, 0.5) is 5.69 Å². The maximum atomic E-state index is 5.90. The third kappa shape index (κ3) is 2.22. The normalized spacial score (nSPS) is 10.5. The lowest BCUT2D eigenvalue weighted by molar-refractivity contribution is 0.796. The summed E-state index contributed by atoms with van der Waals surface area (Å²) in [5.41, 5.74) is 7.31. The van der Waals surface area contributed by atoms with Crippen molar-refractivity contribution in [3.8, 4) is 0 Å². The van der Waals surface area contributed by atoms with Gasteiger partial charge in [0.15, 0.2) is 0 Å². The van der Waals surface area contributed by atoms with E-state index in [0.29, 0.717) is 22.3 Å². The highest BCUT2D eigenvalue weighted by molar-refractivity contribution is 6.42. The molecule has 2 aromatic rings. The molecule has 0 radical (unpaired) electrons. The highest BCUT2D eigenvalue weighted by atomic mass is 35.5. The minimum atomic E-state index is 0.460. The van der Waals surface area contributed by atoms with Crippen LogP contribution in [0.2, 0.25) is 10.0 Å². The number of rotatable bonds is 2. The average Bonchev–Trinajstić information content (AvgIpc) is 2.67. The minimum Gasteiger partial charge on any atom is -0.398 e. The first-order valence-corrected chi connectivity index (χ1v) is 4.98. The van der Waals surface area contributed by atoms with Gasteiger partial charge in [0.2, 0.25) is 0 Å². The fraction of sp³-hybridized carbons (Fsp3) is 0.111.